The van der Waals surface area contributed by atoms with Crippen LogP contribution in [0.2, 0.25) is 0 Å². The molecule has 1 aliphatic heterocycles. The first-order valence-electron chi connectivity index (χ1n) is 8.21. The van der Waals surface area contributed by atoms with Crippen molar-refractivity contribution in [2.75, 3.05) is 6.61 Å². The monoisotopic (exact) mass is 352 g/mol. The first kappa shape index (κ1) is 17.2. The van der Waals surface area contributed by atoms with Crippen molar-refractivity contribution in [2.45, 2.75) is 19.9 Å². The van der Waals surface area contributed by atoms with Crippen LogP contribution < -0.4 is 10.6 Å². The van der Waals surface area contributed by atoms with Crippen molar-refractivity contribution in [1.29, 1.82) is 0 Å². The topological polar surface area (TPSA) is 50.4 Å². The standard InChI is InChI=1S/C20H20N2O2S/c1-3-24-19(23)16-17(14-7-5-4-6-8-14)21-20(25)22-18(16)15-11-9-13(2)10-12-15/h4-12,17H,3H2,1-2H3,(H2,21,22,25). The van der Waals surface area contributed by atoms with Gasteiger partial charge in [-0.2, -0.15) is 0 Å². The number of aryl methyl sites for hydroxylation is 1. The number of nitrogens with one attached hydrogen (secondary N) is 2. The Balaban J connectivity index is 2.16. The Kier molecular flexibility index (Phi) is 5.14. The number of ether oxygens (including phenoxy) is 1. The van der Waals surface area contributed by atoms with Crippen LogP contribution in [0.5, 0.6) is 0 Å². The summed E-state index contributed by atoms with van der Waals surface area (Å²) in [5, 5.41) is 6.82. The van der Waals surface area contributed by atoms with Gasteiger partial charge in [0.25, 0.3) is 0 Å². The van der Waals surface area contributed by atoms with E-state index < -0.39 is 0 Å². The van der Waals surface area contributed by atoms with E-state index in [2.05, 4.69) is 10.6 Å². The summed E-state index contributed by atoms with van der Waals surface area (Å²) in [6.45, 7) is 4.14. The number of carbonyl (C=O) groups excluding carboxylic acids is 1. The number of esters is 1. The Bertz CT molecular complexity index is 813. The second-order valence-electron chi connectivity index (χ2n) is 5.82. The number of benzene rings is 2. The lowest BCUT2D eigenvalue weighted by atomic mass is 9.92. The van der Waals surface area contributed by atoms with Crippen molar-refractivity contribution in [3.8, 4) is 0 Å². The van der Waals surface area contributed by atoms with Gasteiger partial charge in [-0.3, -0.25) is 0 Å². The molecule has 5 heteroatoms. The molecule has 128 valence electrons. The van der Waals surface area contributed by atoms with Crippen molar-refractivity contribution in [2.24, 2.45) is 0 Å². The van der Waals surface area contributed by atoms with E-state index in [9.17, 15) is 4.79 Å². The lowest BCUT2D eigenvalue weighted by Gasteiger charge is -2.31. The Morgan fingerprint density at radius 2 is 1.80 bits per heavy atom. The number of hydrogen-bond acceptors (Lipinski definition) is 3. The van der Waals surface area contributed by atoms with Crippen LogP contribution in [0.15, 0.2) is 60.2 Å². The van der Waals surface area contributed by atoms with E-state index in [1.54, 1.807) is 6.92 Å². The molecule has 0 aromatic heterocycles. The molecule has 0 saturated carbocycles. The average Bonchev–Trinajstić information content (AvgIpc) is 2.62. The van der Waals surface area contributed by atoms with E-state index in [0.717, 1.165) is 16.7 Å². The van der Waals surface area contributed by atoms with Gasteiger partial charge in [0.15, 0.2) is 5.11 Å². The minimum Gasteiger partial charge on any atom is -0.463 e. The highest BCUT2D eigenvalue weighted by Gasteiger charge is 2.32. The summed E-state index contributed by atoms with van der Waals surface area (Å²) >= 11 is 5.38. The third-order valence-corrected chi connectivity index (χ3v) is 4.26. The van der Waals surface area contributed by atoms with Crippen LogP contribution >= 0.6 is 12.2 Å². The quantitative estimate of drug-likeness (QED) is 0.652. The van der Waals surface area contributed by atoms with E-state index in [1.807, 2.05) is 61.5 Å². The molecule has 3 rings (SSSR count). The highest BCUT2D eigenvalue weighted by molar-refractivity contribution is 7.80. The second-order valence-corrected chi connectivity index (χ2v) is 6.23. The average molecular weight is 352 g/mol. The zero-order valence-corrected chi connectivity index (χ0v) is 15.0. The zero-order valence-electron chi connectivity index (χ0n) is 14.2. The Labute approximate surface area is 152 Å². The van der Waals surface area contributed by atoms with Gasteiger partial charge in [-0.05, 0) is 37.2 Å². The second kappa shape index (κ2) is 7.49. The first-order chi connectivity index (χ1) is 12.1. The lowest BCUT2D eigenvalue weighted by molar-refractivity contribution is -0.138. The third-order valence-electron chi connectivity index (χ3n) is 4.04. The highest BCUT2D eigenvalue weighted by atomic mass is 32.1. The maximum absolute atomic E-state index is 12.7. The summed E-state index contributed by atoms with van der Waals surface area (Å²) < 4.78 is 5.32. The first-order valence-corrected chi connectivity index (χ1v) is 8.61. The van der Waals surface area contributed by atoms with Gasteiger partial charge < -0.3 is 15.4 Å². The molecule has 2 N–H and O–H groups in total. The van der Waals surface area contributed by atoms with Crippen molar-refractivity contribution in [3.05, 3.63) is 76.9 Å². The molecule has 4 nitrogen and oxygen atoms in total. The van der Waals surface area contributed by atoms with Crippen LogP contribution in [-0.4, -0.2) is 17.7 Å². The molecule has 0 amide bonds. The molecule has 0 spiro atoms. The molecule has 2 aromatic carbocycles. The van der Waals surface area contributed by atoms with Crippen molar-refractivity contribution in [1.82, 2.24) is 10.6 Å². The molecule has 0 bridgehead atoms. The molecule has 0 fully saturated rings. The molecular weight excluding hydrogens is 332 g/mol. The molecule has 0 saturated heterocycles. The third kappa shape index (κ3) is 3.72. The van der Waals surface area contributed by atoms with Crippen LogP contribution in [0.1, 0.15) is 29.7 Å². The van der Waals surface area contributed by atoms with Crippen LogP contribution in [0.4, 0.5) is 0 Å². The van der Waals surface area contributed by atoms with Crippen molar-refractivity contribution >= 4 is 29.0 Å². The molecule has 0 radical (unpaired) electrons. The molecule has 25 heavy (non-hydrogen) atoms. The Hall–Kier alpha value is -2.66. The molecule has 1 atom stereocenters. The molecule has 0 aliphatic carbocycles. The van der Waals surface area contributed by atoms with Gasteiger partial charge in [0.05, 0.1) is 23.9 Å². The molecular formula is C20H20N2O2S. The number of rotatable bonds is 4. The van der Waals surface area contributed by atoms with Crippen LogP contribution in [0.25, 0.3) is 5.70 Å². The molecule has 1 unspecified atom stereocenters. The van der Waals surface area contributed by atoms with Gasteiger partial charge >= 0.3 is 5.97 Å². The molecule has 1 heterocycles. The summed E-state index contributed by atoms with van der Waals surface area (Å²) in [5.74, 6) is -0.352. The summed E-state index contributed by atoms with van der Waals surface area (Å²) in [5.41, 5.74) is 4.23. The Morgan fingerprint density at radius 1 is 1.12 bits per heavy atom. The minimum absolute atomic E-state index is 0.315. The lowest BCUT2D eigenvalue weighted by Crippen LogP contribution is -2.45. The van der Waals surface area contributed by atoms with E-state index >= 15 is 0 Å². The van der Waals surface area contributed by atoms with E-state index in [-0.39, 0.29) is 12.0 Å². The summed E-state index contributed by atoms with van der Waals surface area (Å²) in [7, 11) is 0. The fourth-order valence-corrected chi connectivity index (χ4v) is 3.06. The highest BCUT2D eigenvalue weighted by Crippen LogP contribution is 2.32. The molecule has 2 aromatic rings. The summed E-state index contributed by atoms with van der Waals surface area (Å²) in [6.07, 6.45) is 0. The van der Waals surface area contributed by atoms with Gasteiger partial charge in [0.2, 0.25) is 0 Å². The van der Waals surface area contributed by atoms with Crippen molar-refractivity contribution < 1.29 is 9.53 Å². The number of carbonyl (C=O) groups is 1. The maximum atomic E-state index is 12.7. The van der Waals surface area contributed by atoms with E-state index in [4.69, 9.17) is 17.0 Å². The van der Waals surface area contributed by atoms with E-state index in [0.29, 0.717) is 23.0 Å². The Morgan fingerprint density at radius 3 is 2.44 bits per heavy atom. The minimum atomic E-state index is -0.356. The zero-order chi connectivity index (χ0) is 17.8. The fraction of sp³-hybridized carbons (Fsp3) is 0.200. The van der Waals surface area contributed by atoms with Gasteiger partial charge in [-0.1, -0.05) is 60.2 Å². The van der Waals surface area contributed by atoms with Crippen LogP contribution in [0, 0.1) is 6.92 Å². The predicted octanol–water partition coefficient (Wildman–Crippen LogP) is 3.49. The van der Waals surface area contributed by atoms with Gasteiger partial charge in [0.1, 0.15) is 0 Å². The van der Waals surface area contributed by atoms with Crippen LogP contribution in [0.3, 0.4) is 0 Å². The number of hydrogen-bond donors (Lipinski definition) is 2. The van der Waals surface area contributed by atoms with Gasteiger partial charge in [0, 0.05) is 0 Å². The van der Waals surface area contributed by atoms with Gasteiger partial charge in [-0.25, -0.2) is 4.79 Å². The predicted molar refractivity (Wildman–Crippen MR) is 103 cm³/mol. The maximum Gasteiger partial charge on any atom is 0.338 e. The van der Waals surface area contributed by atoms with E-state index in [1.165, 1.54) is 0 Å². The van der Waals surface area contributed by atoms with Crippen LogP contribution in [-0.2, 0) is 9.53 Å². The van der Waals surface area contributed by atoms with Crippen molar-refractivity contribution in [3.63, 3.8) is 0 Å². The summed E-state index contributed by atoms with van der Waals surface area (Å²) in [4.78, 5) is 12.7. The number of thiocarbonyl (C=S) groups is 1. The largest absolute Gasteiger partial charge is 0.463 e. The smallest absolute Gasteiger partial charge is 0.338 e. The fourth-order valence-electron chi connectivity index (χ4n) is 2.84. The SMILES string of the molecule is CCOC(=O)C1=C(c2ccc(C)cc2)NC(=S)NC1c1ccccc1. The summed E-state index contributed by atoms with van der Waals surface area (Å²) in [6, 6.07) is 17.4. The molecule has 1 aliphatic rings. The normalized spacial score (nSPS) is 16.9. The van der Waals surface area contributed by atoms with Gasteiger partial charge in [-0.15, -0.1) is 0 Å².